The lowest BCUT2D eigenvalue weighted by molar-refractivity contribution is -0.138. The summed E-state index contributed by atoms with van der Waals surface area (Å²) < 4.78 is 24.4. The molecule has 1 amide bonds. The lowest BCUT2D eigenvalue weighted by Crippen LogP contribution is -2.39. The van der Waals surface area contributed by atoms with Crippen molar-refractivity contribution in [1.82, 2.24) is 0 Å². The van der Waals surface area contributed by atoms with Crippen molar-refractivity contribution in [3.63, 3.8) is 0 Å². The third-order valence-corrected chi connectivity index (χ3v) is 8.26. The van der Waals surface area contributed by atoms with E-state index in [9.17, 15) is 18.0 Å². The predicted molar refractivity (Wildman–Crippen MR) is 111 cm³/mol. The van der Waals surface area contributed by atoms with E-state index in [2.05, 4.69) is 4.99 Å². The molecule has 0 bridgehead atoms. The fraction of sp³-hybridized carbons (Fsp3) is 0.526. The van der Waals surface area contributed by atoms with Crippen LogP contribution in [0.4, 0.5) is 5.69 Å². The molecule has 0 radical (unpaired) electrons. The molecular weight excluding hydrogens is 400 g/mol. The number of aryl methyl sites for hydroxylation is 2. The van der Waals surface area contributed by atoms with E-state index in [1.807, 2.05) is 36.9 Å². The van der Waals surface area contributed by atoms with Gasteiger partial charge in [0, 0.05) is 17.4 Å². The topological polar surface area (TPSA) is 104 Å². The first kappa shape index (κ1) is 20.9. The SMILES string of the molecule is CCc1cccc(CC)c1N1C(=NC(=O)CCC(=O)O)SC2CS(=O)(=O)CC21. The second kappa shape index (κ2) is 8.24. The number of amides is 1. The highest BCUT2D eigenvalue weighted by Crippen LogP contribution is 2.43. The van der Waals surface area contributed by atoms with Gasteiger partial charge in [0.15, 0.2) is 15.0 Å². The van der Waals surface area contributed by atoms with Crippen LogP contribution in [0.5, 0.6) is 0 Å². The number of sulfone groups is 1. The number of hydrogen-bond acceptors (Lipinski definition) is 5. The van der Waals surface area contributed by atoms with Gasteiger partial charge in [-0.15, -0.1) is 0 Å². The monoisotopic (exact) mass is 424 g/mol. The Morgan fingerprint density at radius 2 is 1.82 bits per heavy atom. The maximum absolute atomic E-state index is 12.2. The smallest absolute Gasteiger partial charge is 0.303 e. The van der Waals surface area contributed by atoms with Gasteiger partial charge in [-0.2, -0.15) is 4.99 Å². The summed E-state index contributed by atoms with van der Waals surface area (Å²) in [7, 11) is -3.14. The molecule has 1 aromatic carbocycles. The average Bonchev–Trinajstić information content (AvgIpc) is 3.09. The first-order chi connectivity index (χ1) is 13.3. The number of aliphatic carboxylic acids is 1. The van der Waals surface area contributed by atoms with E-state index in [1.165, 1.54) is 11.8 Å². The molecule has 2 fully saturated rings. The molecule has 0 saturated carbocycles. The highest BCUT2D eigenvalue weighted by atomic mass is 32.2. The zero-order valence-electron chi connectivity index (χ0n) is 15.9. The number of nitrogens with zero attached hydrogens (tertiary/aromatic N) is 2. The fourth-order valence-corrected chi connectivity index (χ4v) is 7.64. The number of carbonyl (C=O) groups is 2. The van der Waals surface area contributed by atoms with Gasteiger partial charge >= 0.3 is 5.97 Å². The van der Waals surface area contributed by atoms with E-state index in [0.29, 0.717) is 5.17 Å². The van der Waals surface area contributed by atoms with Gasteiger partial charge in [-0.1, -0.05) is 43.8 Å². The molecule has 2 unspecified atom stereocenters. The summed E-state index contributed by atoms with van der Waals surface area (Å²) in [6.45, 7) is 4.08. The number of hydrogen-bond donors (Lipinski definition) is 1. The van der Waals surface area contributed by atoms with Gasteiger partial charge in [-0.25, -0.2) is 8.42 Å². The Hall–Kier alpha value is -1.87. The van der Waals surface area contributed by atoms with Crippen LogP contribution in [0, 0.1) is 0 Å². The predicted octanol–water partition coefficient (Wildman–Crippen LogP) is 2.28. The molecule has 2 aliphatic rings. The molecule has 1 N–H and O–H groups in total. The number of thioether (sulfide) groups is 1. The van der Waals surface area contributed by atoms with Crippen molar-refractivity contribution in [1.29, 1.82) is 0 Å². The standard InChI is InChI=1S/C19H24N2O5S2/c1-3-12-6-5-7-13(4-2)18(12)21-14-10-28(25,26)11-15(14)27-19(21)20-16(22)8-9-17(23)24/h5-7,14-15H,3-4,8-11H2,1-2H3,(H,23,24). The molecule has 1 aromatic rings. The van der Waals surface area contributed by atoms with Crippen LogP contribution < -0.4 is 4.90 Å². The van der Waals surface area contributed by atoms with Crippen LogP contribution >= 0.6 is 11.8 Å². The molecule has 2 aliphatic heterocycles. The van der Waals surface area contributed by atoms with Crippen molar-refractivity contribution in [2.24, 2.45) is 4.99 Å². The molecule has 28 heavy (non-hydrogen) atoms. The third kappa shape index (κ3) is 4.25. The molecule has 7 nitrogen and oxygen atoms in total. The summed E-state index contributed by atoms with van der Waals surface area (Å²) in [6.07, 6.45) is 1.10. The Kier molecular flexibility index (Phi) is 6.14. The largest absolute Gasteiger partial charge is 0.481 e. The summed E-state index contributed by atoms with van der Waals surface area (Å²) in [5.41, 5.74) is 3.10. The second-order valence-corrected chi connectivity index (χ2v) is 10.3. The van der Waals surface area contributed by atoms with Gasteiger partial charge in [0.2, 0.25) is 5.91 Å². The van der Waals surface area contributed by atoms with Crippen LogP contribution in [0.3, 0.4) is 0 Å². The highest BCUT2D eigenvalue weighted by molar-refractivity contribution is 8.16. The molecule has 2 heterocycles. The molecule has 2 atom stereocenters. The Balaban J connectivity index is 2.05. The quantitative estimate of drug-likeness (QED) is 0.747. The van der Waals surface area contributed by atoms with Gasteiger partial charge in [-0.05, 0) is 24.0 Å². The van der Waals surface area contributed by atoms with Gasteiger partial charge < -0.3 is 10.0 Å². The maximum atomic E-state index is 12.2. The van der Waals surface area contributed by atoms with Crippen molar-refractivity contribution >= 4 is 44.3 Å². The summed E-state index contributed by atoms with van der Waals surface area (Å²) in [4.78, 5) is 29.1. The molecule has 3 rings (SSSR count). The minimum atomic E-state index is -3.14. The maximum Gasteiger partial charge on any atom is 0.303 e. The number of rotatable bonds is 6. The number of carboxylic acid groups (broad SMARTS) is 1. The van der Waals surface area contributed by atoms with Crippen molar-refractivity contribution in [3.05, 3.63) is 29.3 Å². The second-order valence-electron chi connectivity index (χ2n) is 6.98. The van der Waals surface area contributed by atoms with Crippen molar-refractivity contribution in [2.45, 2.75) is 50.8 Å². The van der Waals surface area contributed by atoms with Gasteiger partial charge in [-0.3, -0.25) is 9.59 Å². The number of anilines is 1. The zero-order chi connectivity index (χ0) is 20.5. The van der Waals surface area contributed by atoms with Gasteiger partial charge in [0.05, 0.1) is 24.0 Å². The van der Waals surface area contributed by atoms with Crippen molar-refractivity contribution in [3.8, 4) is 0 Å². The number of aliphatic imine (C=N–C) groups is 1. The first-order valence-electron chi connectivity index (χ1n) is 9.36. The van der Waals surface area contributed by atoms with Crippen LogP contribution in [0.2, 0.25) is 0 Å². The minimum absolute atomic E-state index is 0.0359. The van der Waals surface area contributed by atoms with Crippen LogP contribution in [-0.2, 0) is 32.3 Å². The summed E-state index contributed by atoms with van der Waals surface area (Å²) >= 11 is 1.32. The van der Waals surface area contributed by atoms with Gasteiger partial charge in [0.25, 0.3) is 0 Å². The summed E-state index contributed by atoms with van der Waals surface area (Å²) in [6, 6.07) is 5.75. The molecule has 0 aromatic heterocycles. The molecular formula is C19H24N2O5S2. The summed E-state index contributed by atoms with van der Waals surface area (Å²) in [5, 5.41) is 9.10. The molecule has 0 spiro atoms. The van der Waals surface area contributed by atoms with Crippen LogP contribution in [0.15, 0.2) is 23.2 Å². The van der Waals surface area contributed by atoms with E-state index in [-0.39, 0.29) is 35.6 Å². The van der Waals surface area contributed by atoms with Crippen LogP contribution in [-0.4, -0.2) is 53.4 Å². The Labute approximate surface area is 169 Å². The minimum Gasteiger partial charge on any atom is -0.481 e. The molecule has 0 aliphatic carbocycles. The zero-order valence-corrected chi connectivity index (χ0v) is 17.6. The van der Waals surface area contributed by atoms with E-state index >= 15 is 0 Å². The lowest BCUT2D eigenvalue weighted by Gasteiger charge is -2.29. The van der Waals surface area contributed by atoms with E-state index < -0.39 is 21.7 Å². The van der Waals surface area contributed by atoms with E-state index in [0.717, 1.165) is 29.7 Å². The molecule has 2 saturated heterocycles. The van der Waals surface area contributed by atoms with Gasteiger partial charge in [0.1, 0.15) is 0 Å². The normalized spacial score (nSPS) is 24.5. The Morgan fingerprint density at radius 1 is 1.18 bits per heavy atom. The Bertz CT molecular complexity index is 904. The molecule has 9 heteroatoms. The van der Waals surface area contributed by atoms with Crippen molar-refractivity contribution in [2.75, 3.05) is 16.4 Å². The highest BCUT2D eigenvalue weighted by Gasteiger charge is 2.50. The number of benzene rings is 1. The number of carboxylic acids is 1. The number of para-hydroxylation sites is 1. The van der Waals surface area contributed by atoms with E-state index in [1.54, 1.807) is 0 Å². The summed E-state index contributed by atoms with van der Waals surface area (Å²) in [5.74, 6) is -1.44. The average molecular weight is 425 g/mol. The van der Waals surface area contributed by atoms with E-state index in [4.69, 9.17) is 5.11 Å². The number of carbonyl (C=O) groups excluding carboxylic acids is 1. The number of amidine groups is 1. The van der Waals surface area contributed by atoms with Crippen LogP contribution in [0.1, 0.15) is 37.8 Å². The van der Waals surface area contributed by atoms with Crippen LogP contribution in [0.25, 0.3) is 0 Å². The fourth-order valence-electron chi connectivity index (χ4n) is 3.73. The molecule has 152 valence electrons. The first-order valence-corrected chi connectivity index (χ1v) is 12.1. The lowest BCUT2D eigenvalue weighted by atomic mass is 10.0. The third-order valence-electron chi connectivity index (χ3n) is 5.05. The Morgan fingerprint density at radius 3 is 2.39 bits per heavy atom. The number of fused-ring (bicyclic) bond motifs is 1. The van der Waals surface area contributed by atoms with Crippen molar-refractivity contribution < 1.29 is 23.1 Å².